The summed E-state index contributed by atoms with van der Waals surface area (Å²) >= 11 is 0. The van der Waals surface area contributed by atoms with Gasteiger partial charge in [-0.25, -0.2) is 9.48 Å². The number of amides is 2. The molecule has 1 aromatic heterocycles. The normalized spacial score (nSPS) is 10.1. The summed E-state index contributed by atoms with van der Waals surface area (Å²) in [7, 11) is 0. The first-order valence-electron chi connectivity index (χ1n) is 7.04. The molecule has 0 saturated carbocycles. The van der Waals surface area contributed by atoms with Crippen molar-refractivity contribution in [2.24, 2.45) is 0 Å². The fourth-order valence-corrected chi connectivity index (χ4v) is 2.12. The van der Waals surface area contributed by atoms with Crippen LogP contribution >= 0.6 is 0 Å². The van der Waals surface area contributed by atoms with Crippen LogP contribution in [-0.4, -0.2) is 22.4 Å². The van der Waals surface area contributed by atoms with Gasteiger partial charge in [0.05, 0.1) is 5.69 Å². The Morgan fingerprint density at radius 3 is 2.59 bits per heavy atom. The molecule has 2 aromatic rings. The number of nitrogens with one attached hydrogen (secondary N) is 2. The molecule has 1 aromatic carbocycles. The Morgan fingerprint density at radius 1 is 1.36 bits per heavy atom. The lowest BCUT2D eigenvalue weighted by Crippen LogP contribution is -2.35. The number of hydrogen-bond acceptors (Lipinski definition) is 3. The predicted octanol–water partition coefficient (Wildman–Crippen LogP) is 2.66. The Hall–Kier alpha value is -2.76. The molecule has 6 nitrogen and oxygen atoms in total. The van der Waals surface area contributed by atoms with Crippen molar-refractivity contribution in [3.8, 4) is 11.4 Å². The highest BCUT2D eigenvalue weighted by molar-refractivity contribution is 5.75. The molecule has 1 heterocycles. The van der Waals surface area contributed by atoms with E-state index in [0.29, 0.717) is 12.3 Å². The van der Waals surface area contributed by atoms with Crippen LogP contribution in [0.1, 0.15) is 18.1 Å². The van der Waals surface area contributed by atoms with E-state index in [-0.39, 0.29) is 11.9 Å². The summed E-state index contributed by atoms with van der Waals surface area (Å²) in [5.41, 5.74) is 2.82. The second-order valence-corrected chi connectivity index (χ2v) is 4.87. The number of aromatic nitrogens is 2. The molecule has 0 radical (unpaired) electrons. The number of benzene rings is 1. The van der Waals surface area contributed by atoms with Crippen molar-refractivity contribution in [3.05, 3.63) is 54.2 Å². The van der Waals surface area contributed by atoms with E-state index in [4.69, 9.17) is 4.74 Å². The standard InChI is InChI=1S/C16H20N4O2/c1-5-17-16(21)19-13(4)22-15-11(2)9-14(10-12(15)3)20-8-6-7-18-20/h6-10H,4-5H2,1-3H3,(H2,17,19,21). The van der Waals surface area contributed by atoms with Crippen LogP contribution < -0.4 is 15.4 Å². The minimum atomic E-state index is -0.337. The zero-order valence-electron chi connectivity index (χ0n) is 13.0. The largest absolute Gasteiger partial charge is 0.441 e. The van der Waals surface area contributed by atoms with E-state index in [1.807, 2.05) is 45.2 Å². The molecule has 0 aliphatic heterocycles. The van der Waals surface area contributed by atoms with E-state index in [0.717, 1.165) is 16.8 Å². The Bertz CT molecular complexity index is 654. The smallest absolute Gasteiger partial charge is 0.321 e. The molecule has 2 amide bonds. The molecule has 0 unspecified atom stereocenters. The maximum Gasteiger partial charge on any atom is 0.321 e. The molecular formula is C16H20N4O2. The molecule has 0 atom stereocenters. The van der Waals surface area contributed by atoms with E-state index < -0.39 is 0 Å². The number of hydrogen-bond donors (Lipinski definition) is 2. The number of carbonyl (C=O) groups excluding carboxylic acids is 1. The van der Waals surface area contributed by atoms with E-state index in [1.54, 1.807) is 10.9 Å². The number of ether oxygens (including phenoxy) is 1. The number of urea groups is 1. The minimum absolute atomic E-state index is 0.184. The van der Waals surface area contributed by atoms with Crippen LogP contribution in [0, 0.1) is 13.8 Å². The molecule has 22 heavy (non-hydrogen) atoms. The third-order valence-electron chi connectivity index (χ3n) is 3.03. The first-order chi connectivity index (χ1) is 10.5. The monoisotopic (exact) mass is 300 g/mol. The maximum absolute atomic E-state index is 11.4. The second-order valence-electron chi connectivity index (χ2n) is 4.87. The summed E-state index contributed by atoms with van der Waals surface area (Å²) in [5.74, 6) is 0.863. The average Bonchev–Trinajstić information content (AvgIpc) is 2.97. The summed E-state index contributed by atoms with van der Waals surface area (Å²) in [6.45, 7) is 9.97. The fraction of sp³-hybridized carbons (Fsp3) is 0.250. The highest BCUT2D eigenvalue weighted by Gasteiger charge is 2.11. The van der Waals surface area contributed by atoms with Crippen molar-refractivity contribution in [2.45, 2.75) is 20.8 Å². The van der Waals surface area contributed by atoms with Crippen LogP contribution in [0.5, 0.6) is 5.75 Å². The Labute approximate surface area is 129 Å². The highest BCUT2D eigenvalue weighted by Crippen LogP contribution is 2.27. The van der Waals surface area contributed by atoms with Gasteiger partial charge in [0.15, 0.2) is 5.88 Å². The third-order valence-corrected chi connectivity index (χ3v) is 3.03. The lowest BCUT2D eigenvalue weighted by Gasteiger charge is -2.16. The van der Waals surface area contributed by atoms with E-state index in [1.165, 1.54) is 0 Å². The van der Waals surface area contributed by atoms with Crippen LogP contribution in [0.4, 0.5) is 4.79 Å². The van der Waals surface area contributed by atoms with Crippen LogP contribution in [0.15, 0.2) is 43.1 Å². The van der Waals surface area contributed by atoms with Crippen molar-refractivity contribution in [1.29, 1.82) is 0 Å². The van der Waals surface area contributed by atoms with Gasteiger partial charge >= 0.3 is 6.03 Å². The second kappa shape index (κ2) is 6.80. The van der Waals surface area contributed by atoms with E-state index >= 15 is 0 Å². The summed E-state index contributed by atoms with van der Waals surface area (Å²) in [6.07, 6.45) is 3.61. The van der Waals surface area contributed by atoms with Crippen LogP contribution in [0.3, 0.4) is 0 Å². The molecular weight excluding hydrogens is 280 g/mol. The van der Waals surface area contributed by atoms with Crippen molar-refractivity contribution in [3.63, 3.8) is 0 Å². The van der Waals surface area contributed by atoms with Gasteiger partial charge in [0, 0.05) is 18.9 Å². The Kier molecular flexibility index (Phi) is 4.83. The summed E-state index contributed by atoms with van der Waals surface area (Å²) in [6, 6.07) is 5.47. The number of carbonyl (C=O) groups is 1. The number of aryl methyl sites for hydroxylation is 2. The molecule has 6 heteroatoms. The van der Waals surface area contributed by atoms with Gasteiger partial charge in [0.25, 0.3) is 0 Å². The van der Waals surface area contributed by atoms with Gasteiger partial charge in [-0.15, -0.1) is 0 Å². The molecule has 2 N–H and O–H groups in total. The predicted molar refractivity (Wildman–Crippen MR) is 85.0 cm³/mol. The van der Waals surface area contributed by atoms with Gasteiger partial charge in [0.1, 0.15) is 5.75 Å². The highest BCUT2D eigenvalue weighted by atomic mass is 16.5. The van der Waals surface area contributed by atoms with Gasteiger partial charge in [-0.3, -0.25) is 5.32 Å². The molecule has 0 saturated heterocycles. The van der Waals surface area contributed by atoms with Crippen molar-refractivity contribution in [1.82, 2.24) is 20.4 Å². The Balaban J connectivity index is 2.15. The van der Waals surface area contributed by atoms with Gasteiger partial charge in [-0.2, -0.15) is 5.10 Å². The fourth-order valence-electron chi connectivity index (χ4n) is 2.12. The molecule has 0 fully saturated rings. The van der Waals surface area contributed by atoms with E-state index in [9.17, 15) is 4.79 Å². The van der Waals surface area contributed by atoms with Gasteiger partial charge < -0.3 is 10.1 Å². The quantitative estimate of drug-likeness (QED) is 0.834. The van der Waals surface area contributed by atoms with Crippen molar-refractivity contribution < 1.29 is 9.53 Å². The van der Waals surface area contributed by atoms with Crippen molar-refractivity contribution in [2.75, 3.05) is 6.54 Å². The van der Waals surface area contributed by atoms with E-state index in [2.05, 4.69) is 22.3 Å². The minimum Gasteiger partial charge on any atom is -0.441 e. The Morgan fingerprint density at radius 2 is 2.05 bits per heavy atom. The summed E-state index contributed by atoms with van der Waals surface area (Å²) < 4.78 is 7.45. The van der Waals surface area contributed by atoms with Crippen LogP contribution in [-0.2, 0) is 0 Å². The average molecular weight is 300 g/mol. The zero-order valence-corrected chi connectivity index (χ0v) is 13.0. The van der Waals surface area contributed by atoms with Crippen LogP contribution in [0.2, 0.25) is 0 Å². The maximum atomic E-state index is 11.4. The molecule has 2 rings (SSSR count). The first-order valence-corrected chi connectivity index (χ1v) is 7.04. The summed E-state index contributed by atoms with van der Waals surface area (Å²) in [4.78, 5) is 11.4. The van der Waals surface area contributed by atoms with Gasteiger partial charge in [-0.1, -0.05) is 0 Å². The summed E-state index contributed by atoms with van der Waals surface area (Å²) in [5, 5.41) is 9.37. The van der Waals surface area contributed by atoms with Gasteiger partial charge in [0.2, 0.25) is 0 Å². The zero-order chi connectivity index (χ0) is 16.1. The molecule has 0 spiro atoms. The lowest BCUT2D eigenvalue weighted by atomic mass is 10.1. The third kappa shape index (κ3) is 3.66. The van der Waals surface area contributed by atoms with Gasteiger partial charge in [-0.05, 0) is 56.7 Å². The SMILES string of the molecule is C=C(NC(=O)NCC)Oc1c(C)cc(-n2cccn2)cc1C. The van der Waals surface area contributed by atoms with Crippen LogP contribution in [0.25, 0.3) is 5.69 Å². The first kappa shape index (κ1) is 15.6. The molecule has 116 valence electrons. The lowest BCUT2D eigenvalue weighted by molar-refractivity contribution is 0.238. The topological polar surface area (TPSA) is 68.2 Å². The molecule has 0 aliphatic rings. The number of rotatable bonds is 5. The molecule has 0 bridgehead atoms. The molecule has 0 aliphatic carbocycles. The number of nitrogens with zero attached hydrogens (tertiary/aromatic N) is 2. The van der Waals surface area contributed by atoms with Crippen molar-refractivity contribution >= 4 is 6.03 Å².